The molecule has 4 N–H and O–H groups in total. The molecule has 2 unspecified atom stereocenters. The zero-order chi connectivity index (χ0) is 14.8. The first kappa shape index (κ1) is 14.5. The summed E-state index contributed by atoms with van der Waals surface area (Å²) in [5.41, 5.74) is 6.23. The summed E-state index contributed by atoms with van der Waals surface area (Å²) >= 11 is 0. The van der Waals surface area contributed by atoms with E-state index >= 15 is 0 Å². The first-order valence-corrected chi connectivity index (χ1v) is 6.78. The third-order valence-corrected chi connectivity index (χ3v) is 4.04. The molecule has 0 aliphatic heterocycles. The number of carboxylic acid groups (broad SMARTS) is 1. The van der Waals surface area contributed by atoms with E-state index in [-0.39, 0.29) is 12.5 Å². The molecule has 1 aromatic carbocycles. The molecule has 1 amide bonds. The molecule has 108 valence electrons. The van der Waals surface area contributed by atoms with Crippen LogP contribution < -0.4 is 11.1 Å². The number of carbonyl (C=O) groups is 2. The van der Waals surface area contributed by atoms with Gasteiger partial charge in [-0.3, -0.25) is 9.59 Å². The van der Waals surface area contributed by atoms with E-state index in [2.05, 4.69) is 5.32 Å². The van der Waals surface area contributed by atoms with E-state index in [9.17, 15) is 9.59 Å². The van der Waals surface area contributed by atoms with Gasteiger partial charge in [0.25, 0.3) is 0 Å². The molecule has 0 radical (unpaired) electrons. The number of amides is 1. The van der Waals surface area contributed by atoms with E-state index in [0.717, 1.165) is 5.56 Å². The van der Waals surface area contributed by atoms with Crippen LogP contribution in [-0.2, 0) is 9.59 Å². The van der Waals surface area contributed by atoms with E-state index in [4.69, 9.17) is 10.8 Å². The molecule has 0 saturated heterocycles. The van der Waals surface area contributed by atoms with Gasteiger partial charge in [0.2, 0.25) is 5.91 Å². The van der Waals surface area contributed by atoms with Crippen molar-refractivity contribution in [2.24, 2.45) is 17.1 Å². The number of hydrogen-bond donors (Lipinski definition) is 3. The van der Waals surface area contributed by atoms with Gasteiger partial charge in [-0.25, -0.2) is 0 Å². The van der Waals surface area contributed by atoms with E-state index in [1.165, 1.54) is 0 Å². The van der Waals surface area contributed by atoms with Crippen LogP contribution >= 0.6 is 0 Å². The molecule has 1 fully saturated rings. The number of carbonyl (C=O) groups excluding carboxylic acids is 1. The predicted molar refractivity (Wildman–Crippen MR) is 74.8 cm³/mol. The Hall–Kier alpha value is -1.88. The summed E-state index contributed by atoms with van der Waals surface area (Å²) in [6, 6.07) is 9.02. The predicted octanol–water partition coefficient (Wildman–Crippen LogP) is 1.30. The summed E-state index contributed by atoms with van der Waals surface area (Å²) in [7, 11) is 0. The molecule has 0 spiro atoms. The molecule has 5 nitrogen and oxygen atoms in total. The molecule has 5 heteroatoms. The molecular formula is C15H20N2O3. The monoisotopic (exact) mass is 276 g/mol. The van der Waals surface area contributed by atoms with Gasteiger partial charge in [0.15, 0.2) is 0 Å². The van der Waals surface area contributed by atoms with Gasteiger partial charge in [-0.15, -0.1) is 0 Å². The summed E-state index contributed by atoms with van der Waals surface area (Å²) in [5, 5.41) is 11.8. The topological polar surface area (TPSA) is 92.4 Å². The van der Waals surface area contributed by atoms with Gasteiger partial charge < -0.3 is 16.2 Å². The smallest absolute Gasteiger partial charge is 0.311 e. The number of rotatable bonds is 6. The first-order valence-electron chi connectivity index (χ1n) is 6.78. The Bertz CT molecular complexity index is 497. The van der Waals surface area contributed by atoms with E-state index in [0.29, 0.717) is 12.8 Å². The highest BCUT2D eigenvalue weighted by Crippen LogP contribution is 2.45. The molecule has 1 aromatic rings. The maximum atomic E-state index is 12.1. The van der Waals surface area contributed by atoms with Crippen molar-refractivity contribution < 1.29 is 14.7 Å². The Balaban J connectivity index is 1.91. The molecular weight excluding hydrogens is 256 g/mol. The maximum Gasteiger partial charge on any atom is 0.311 e. The van der Waals surface area contributed by atoms with Crippen LogP contribution in [0.2, 0.25) is 0 Å². The van der Waals surface area contributed by atoms with Crippen molar-refractivity contribution in [3.8, 4) is 0 Å². The Morgan fingerprint density at radius 1 is 1.35 bits per heavy atom. The highest BCUT2D eigenvalue weighted by Gasteiger charge is 2.50. The number of carboxylic acids is 1. The lowest BCUT2D eigenvalue weighted by Crippen LogP contribution is -2.40. The second-order valence-electron chi connectivity index (χ2n) is 5.53. The van der Waals surface area contributed by atoms with Crippen molar-refractivity contribution in [3.63, 3.8) is 0 Å². The van der Waals surface area contributed by atoms with Crippen molar-refractivity contribution in [1.29, 1.82) is 0 Å². The number of nitrogens with two attached hydrogens (primary N) is 1. The molecule has 0 heterocycles. The van der Waals surface area contributed by atoms with Crippen LogP contribution in [0, 0.1) is 11.3 Å². The van der Waals surface area contributed by atoms with Gasteiger partial charge in [0.1, 0.15) is 0 Å². The fourth-order valence-corrected chi connectivity index (χ4v) is 2.16. The average molecular weight is 276 g/mol. The third-order valence-electron chi connectivity index (χ3n) is 4.04. The van der Waals surface area contributed by atoms with Gasteiger partial charge in [-0.1, -0.05) is 37.3 Å². The molecule has 0 bridgehead atoms. The molecule has 2 rings (SSSR count). The van der Waals surface area contributed by atoms with Crippen molar-refractivity contribution in [3.05, 3.63) is 35.9 Å². The van der Waals surface area contributed by atoms with Gasteiger partial charge in [-0.05, 0) is 18.4 Å². The Morgan fingerprint density at radius 3 is 2.45 bits per heavy atom. The lowest BCUT2D eigenvalue weighted by atomic mass is 9.94. The molecule has 20 heavy (non-hydrogen) atoms. The average Bonchev–Trinajstić information content (AvgIpc) is 3.25. The largest absolute Gasteiger partial charge is 0.481 e. The zero-order valence-electron chi connectivity index (χ0n) is 11.5. The van der Waals surface area contributed by atoms with Crippen LogP contribution in [-0.4, -0.2) is 23.5 Å². The van der Waals surface area contributed by atoms with Crippen LogP contribution in [0.15, 0.2) is 30.3 Å². The summed E-state index contributed by atoms with van der Waals surface area (Å²) < 4.78 is 0. The highest BCUT2D eigenvalue weighted by molar-refractivity contribution is 5.82. The number of benzene rings is 1. The van der Waals surface area contributed by atoms with Crippen LogP contribution in [0.5, 0.6) is 0 Å². The van der Waals surface area contributed by atoms with Gasteiger partial charge in [0.05, 0.1) is 11.3 Å². The fourth-order valence-electron chi connectivity index (χ4n) is 2.16. The second kappa shape index (κ2) is 5.63. The van der Waals surface area contributed by atoms with Crippen LogP contribution in [0.1, 0.15) is 31.4 Å². The minimum absolute atomic E-state index is 0.188. The zero-order valence-corrected chi connectivity index (χ0v) is 11.5. The summed E-state index contributed by atoms with van der Waals surface area (Å²) in [6.45, 7) is 1.94. The molecule has 1 saturated carbocycles. The summed E-state index contributed by atoms with van der Waals surface area (Å²) in [6.07, 6.45) is 1.25. The second-order valence-corrected chi connectivity index (χ2v) is 5.53. The van der Waals surface area contributed by atoms with Gasteiger partial charge in [-0.2, -0.15) is 0 Å². The van der Waals surface area contributed by atoms with Crippen LogP contribution in [0.4, 0.5) is 0 Å². The normalized spacial score (nSPS) is 18.9. The Labute approximate surface area is 118 Å². The van der Waals surface area contributed by atoms with E-state index in [1.807, 2.05) is 30.3 Å². The summed E-state index contributed by atoms with van der Waals surface area (Å²) in [5.74, 6) is -1.44. The lowest BCUT2D eigenvalue weighted by molar-refractivity contribution is -0.143. The lowest BCUT2D eigenvalue weighted by Gasteiger charge is -2.21. The standard InChI is InChI=1S/C15H20N2O3/c1-10(12(16)11-5-3-2-4-6-11)13(18)17-9-15(7-8-15)14(19)20/h2-6,10,12H,7-9,16H2,1H3,(H,17,18)(H,19,20). The molecule has 0 aromatic heterocycles. The molecule has 1 aliphatic rings. The Morgan fingerprint density at radius 2 is 1.95 bits per heavy atom. The SMILES string of the molecule is CC(C(=O)NCC1(C(=O)O)CC1)C(N)c1ccccc1. The van der Waals surface area contributed by atoms with E-state index in [1.54, 1.807) is 6.92 Å². The number of nitrogens with one attached hydrogen (secondary N) is 1. The fraction of sp³-hybridized carbons (Fsp3) is 0.467. The quantitative estimate of drug-likeness (QED) is 0.730. The Kier molecular flexibility index (Phi) is 4.09. The highest BCUT2D eigenvalue weighted by atomic mass is 16.4. The van der Waals surface area contributed by atoms with Crippen molar-refractivity contribution in [1.82, 2.24) is 5.32 Å². The number of aliphatic carboxylic acids is 1. The number of hydrogen-bond acceptors (Lipinski definition) is 3. The third kappa shape index (κ3) is 2.99. The van der Waals surface area contributed by atoms with Crippen molar-refractivity contribution in [2.75, 3.05) is 6.54 Å². The van der Waals surface area contributed by atoms with Gasteiger partial charge >= 0.3 is 5.97 Å². The van der Waals surface area contributed by atoms with E-state index < -0.39 is 23.3 Å². The van der Waals surface area contributed by atoms with Crippen molar-refractivity contribution >= 4 is 11.9 Å². The minimum atomic E-state index is -0.835. The maximum absolute atomic E-state index is 12.1. The van der Waals surface area contributed by atoms with Crippen molar-refractivity contribution in [2.45, 2.75) is 25.8 Å². The molecule has 1 aliphatic carbocycles. The summed E-state index contributed by atoms with van der Waals surface area (Å²) in [4.78, 5) is 23.1. The van der Waals surface area contributed by atoms with Gasteiger partial charge in [0, 0.05) is 12.6 Å². The molecule has 2 atom stereocenters. The van der Waals surface area contributed by atoms with Crippen LogP contribution in [0.25, 0.3) is 0 Å². The van der Waals surface area contributed by atoms with Crippen LogP contribution in [0.3, 0.4) is 0 Å². The first-order chi connectivity index (χ1) is 9.46. The minimum Gasteiger partial charge on any atom is -0.481 e.